The van der Waals surface area contributed by atoms with Crippen molar-refractivity contribution in [1.82, 2.24) is 9.36 Å². The molecule has 9 heteroatoms. The van der Waals surface area contributed by atoms with Crippen LogP contribution in [-0.2, 0) is 17.1 Å². The summed E-state index contributed by atoms with van der Waals surface area (Å²) >= 11 is 3.30. The number of para-hydroxylation sites is 1. The van der Waals surface area contributed by atoms with Crippen LogP contribution in [-0.4, -0.2) is 24.9 Å². The molecule has 0 fully saturated rings. The number of hydrogen-bond acceptors (Lipinski definition) is 4. The molecule has 154 valence electrons. The van der Waals surface area contributed by atoms with Crippen molar-refractivity contribution < 1.29 is 13.2 Å². The van der Waals surface area contributed by atoms with Crippen LogP contribution in [0.5, 0.6) is 5.75 Å². The van der Waals surface area contributed by atoms with Crippen molar-refractivity contribution >= 4 is 31.6 Å². The van der Waals surface area contributed by atoms with E-state index in [1.54, 1.807) is 29.9 Å². The van der Waals surface area contributed by atoms with Crippen molar-refractivity contribution in [2.45, 2.75) is 24.7 Å². The summed E-state index contributed by atoms with van der Waals surface area (Å²) < 4.78 is 37.3. The number of sulfonamides is 1. The number of aromatic nitrogens is 2. The fourth-order valence-corrected chi connectivity index (χ4v) is 5.04. The first-order valence-electron chi connectivity index (χ1n) is 8.91. The third-order valence-corrected chi connectivity index (χ3v) is 6.50. The molecule has 3 rings (SSSR count). The van der Waals surface area contributed by atoms with Crippen LogP contribution in [0.3, 0.4) is 0 Å². The highest BCUT2D eigenvalue weighted by atomic mass is 79.9. The Morgan fingerprint density at radius 3 is 2.31 bits per heavy atom. The predicted molar refractivity (Wildman–Crippen MR) is 117 cm³/mol. The zero-order valence-corrected chi connectivity index (χ0v) is 18.9. The van der Waals surface area contributed by atoms with Gasteiger partial charge in [-0.3, -0.25) is 14.2 Å². The average Bonchev–Trinajstić information content (AvgIpc) is 2.91. The second-order valence-electron chi connectivity index (χ2n) is 6.79. The van der Waals surface area contributed by atoms with Crippen molar-refractivity contribution in [2.75, 3.05) is 11.8 Å². The van der Waals surface area contributed by atoms with Crippen LogP contribution in [0.15, 0.2) is 62.7 Å². The van der Waals surface area contributed by atoms with E-state index in [4.69, 9.17) is 4.74 Å². The molecule has 0 aliphatic carbocycles. The zero-order chi connectivity index (χ0) is 21.3. The predicted octanol–water partition coefficient (Wildman–Crippen LogP) is 3.87. The van der Waals surface area contributed by atoms with Gasteiger partial charge >= 0.3 is 0 Å². The SMILES string of the molecule is COc1ccc(S(=O)(=O)Nc2c(C(C)C)n(C)n(-c3ccccc3)c2=O)cc1Br. The molecule has 3 aromatic rings. The number of hydrogen-bond donors (Lipinski definition) is 1. The largest absolute Gasteiger partial charge is 0.496 e. The lowest BCUT2D eigenvalue weighted by Gasteiger charge is -2.13. The Labute approximate surface area is 178 Å². The smallest absolute Gasteiger partial charge is 0.296 e. The van der Waals surface area contributed by atoms with Gasteiger partial charge in [0.2, 0.25) is 0 Å². The Balaban J connectivity index is 2.14. The molecule has 0 aliphatic rings. The van der Waals surface area contributed by atoms with E-state index in [2.05, 4.69) is 20.7 Å². The van der Waals surface area contributed by atoms with E-state index in [9.17, 15) is 13.2 Å². The number of benzene rings is 2. The van der Waals surface area contributed by atoms with E-state index < -0.39 is 15.6 Å². The minimum atomic E-state index is -3.99. The van der Waals surface area contributed by atoms with E-state index >= 15 is 0 Å². The van der Waals surface area contributed by atoms with Gasteiger partial charge in [-0.25, -0.2) is 13.1 Å². The van der Waals surface area contributed by atoms with Crippen molar-refractivity contribution in [3.8, 4) is 11.4 Å². The number of ether oxygens (including phenoxy) is 1. The van der Waals surface area contributed by atoms with E-state index in [-0.39, 0.29) is 16.5 Å². The number of nitrogens with zero attached hydrogens (tertiary/aromatic N) is 2. The highest BCUT2D eigenvalue weighted by molar-refractivity contribution is 9.10. The van der Waals surface area contributed by atoms with Gasteiger partial charge in [-0.05, 0) is 52.2 Å². The molecular formula is C20H22BrN3O4S. The number of rotatable bonds is 6. The first kappa shape index (κ1) is 21.2. The van der Waals surface area contributed by atoms with Gasteiger partial charge < -0.3 is 4.74 Å². The van der Waals surface area contributed by atoms with Crippen molar-refractivity contribution in [3.63, 3.8) is 0 Å². The summed E-state index contributed by atoms with van der Waals surface area (Å²) in [6, 6.07) is 13.5. The Bertz CT molecular complexity index is 1200. The zero-order valence-electron chi connectivity index (χ0n) is 16.5. The molecule has 0 amide bonds. The Hall–Kier alpha value is -2.52. The van der Waals surface area contributed by atoms with E-state index in [0.717, 1.165) is 0 Å². The monoisotopic (exact) mass is 479 g/mol. The molecule has 0 atom stereocenters. The summed E-state index contributed by atoms with van der Waals surface area (Å²) in [5.74, 6) is 0.427. The summed E-state index contributed by atoms with van der Waals surface area (Å²) in [4.78, 5) is 13.2. The molecule has 0 spiro atoms. The molecule has 0 radical (unpaired) electrons. The van der Waals surface area contributed by atoms with Crippen molar-refractivity contribution in [3.05, 3.63) is 69.1 Å². The van der Waals surface area contributed by atoms with Crippen LogP contribution in [0.25, 0.3) is 5.69 Å². The summed E-state index contributed by atoms with van der Waals surface area (Å²) in [6.07, 6.45) is 0. The highest BCUT2D eigenvalue weighted by Crippen LogP contribution is 2.29. The Kier molecular flexibility index (Phi) is 5.90. The quantitative estimate of drug-likeness (QED) is 0.581. The summed E-state index contributed by atoms with van der Waals surface area (Å²) in [7, 11) is -0.748. The Morgan fingerprint density at radius 2 is 1.76 bits per heavy atom. The lowest BCUT2D eigenvalue weighted by molar-refractivity contribution is 0.411. The third-order valence-electron chi connectivity index (χ3n) is 4.53. The van der Waals surface area contributed by atoms with Crippen LogP contribution in [0.1, 0.15) is 25.5 Å². The second kappa shape index (κ2) is 8.08. The first-order valence-corrected chi connectivity index (χ1v) is 11.2. The fraction of sp³-hybridized carbons (Fsp3) is 0.250. The molecule has 0 aliphatic heterocycles. The van der Waals surface area contributed by atoms with Gasteiger partial charge in [-0.1, -0.05) is 32.0 Å². The van der Waals surface area contributed by atoms with Crippen molar-refractivity contribution in [2.24, 2.45) is 7.05 Å². The lowest BCUT2D eigenvalue weighted by Crippen LogP contribution is -2.23. The molecule has 29 heavy (non-hydrogen) atoms. The molecule has 0 bridgehead atoms. The van der Waals surface area contributed by atoms with Gasteiger partial charge in [0.15, 0.2) is 0 Å². The lowest BCUT2D eigenvalue weighted by atomic mass is 10.1. The molecule has 0 saturated heterocycles. The molecule has 7 nitrogen and oxygen atoms in total. The van der Waals surface area contributed by atoms with Crippen LogP contribution >= 0.6 is 15.9 Å². The second-order valence-corrected chi connectivity index (χ2v) is 9.33. The molecule has 1 N–H and O–H groups in total. The van der Waals surface area contributed by atoms with E-state index in [1.807, 2.05) is 32.0 Å². The van der Waals surface area contributed by atoms with Crippen molar-refractivity contribution in [1.29, 1.82) is 0 Å². The number of methoxy groups -OCH3 is 1. The van der Waals surface area contributed by atoms with Gasteiger partial charge in [0, 0.05) is 7.05 Å². The van der Waals surface area contributed by atoms with Crippen LogP contribution in [0.2, 0.25) is 0 Å². The third kappa shape index (κ3) is 3.97. The first-order chi connectivity index (χ1) is 13.7. The Morgan fingerprint density at radius 1 is 1.10 bits per heavy atom. The van der Waals surface area contributed by atoms with E-state index in [1.165, 1.54) is 23.9 Å². The average molecular weight is 480 g/mol. The molecule has 1 aromatic heterocycles. The van der Waals surface area contributed by atoms with Crippen LogP contribution in [0, 0.1) is 0 Å². The number of anilines is 1. The normalized spacial score (nSPS) is 11.7. The van der Waals surface area contributed by atoms with Gasteiger partial charge in [-0.2, -0.15) is 0 Å². The fourth-order valence-electron chi connectivity index (χ4n) is 3.25. The van der Waals surface area contributed by atoms with Gasteiger partial charge in [-0.15, -0.1) is 0 Å². The maximum absolute atomic E-state index is 13.2. The van der Waals surface area contributed by atoms with Crippen LogP contribution in [0.4, 0.5) is 5.69 Å². The van der Waals surface area contributed by atoms with E-state index in [0.29, 0.717) is 21.6 Å². The number of halogens is 1. The van der Waals surface area contributed by atoms with Crippen LogP contribution < -0.4 is 15.0 Å². The molecule has 0 unspecified atom stereocenters. The maximum Gasteiger partial charge on any atom is 0.296 e. The minimum absolute atomic E-state index is 0.0226. The van der Waals surface area contributed by atoms with Gasteiger partial charge in [0.1, 0.15) is 11.4 Å². The highest BCUT2D eigenvalue weighted by Gasteiger charge is 2.26. The standard InChI is InChI=1S/C20H22BrN3O4S/c1-13(2)19-18(20(25)24(23(19)3)14-8-6-5-7-9-14)22-29(26,27)15-10-11-17(28-4)16(21)12-15/h5-13,22H,1-4H3. The maximum atomic E-state index is 13.2. The van der Waals surface area contributed by atoms with Gasteiger partial charge in [0.25, 0.3) is 15.6 Å². The topological polar surface area (TPSA) is 82.3 Å². The van der Waals surface area contributed by atoms with Gasteiger partial charge in [0.05, 0.1) is 27.9 Å². The molecule has 0 saturated carbocycles. The number of nitrogens with one attached hydrogen (secondary N) is 1. The summed E-state index contributed by atoms with van der Waals surface area (Å²) in [6.45, 7) is 3.82. The minimum Gasteiger partial charge on any atom is -0.496 e. The molecular weight excluding hydrogens is 458 g/mol. The summed E-state index contributed by atoms with van der Waals surface area (Å²) in [5, 5.41) is 0. The molecule has 2 aromatic carbocycles. The molecule has 1 heterocycles. The summed E-state index contributed by atoms with van der Waals surface area (Å²) in [5.41, 5.74) is 0.853.